The van der Waals surface area contributed by atoms with Gasteiger partial charge in [0.15, 0.2) is 0 Å². The second-order valence-electron chi connectivity index (χ2n) is 11.5. The van der Waals surface area contributed by atoms with Crippen LogP contribution in [-0.4, -0.2) is 69.7 Å². The van der Waals surface area contributed by atoms with Crippen LogP contribution in [0.2, 0.25) is 0 Å². The molecule has 41 heavy (non-hydrogen) atoms. The van der Waals surface area contributed by atoms with Crippen LogP contribution in [0.25, 0.3) is 0 Å². The van der Waals surface area contributed by atoms with E-state index < -0.39 is 47.7 Å². The topological polar surface area (TPSA) is 96.4 Å². The first-order valence-corrected chi connectivity index (χ1v) is 14.1. The van der Waals surface area contributed by atoms with Crippen LogP contribution in [-0.2, 0) is 30.4 Å². The molecule has 3 aliphatic rings. The van der Waals surface area contributed by atoms with Crippen LogP contribution in [0, 0.1) is 17.8 Å². The van der Waals surface area contributed by atoms with Gasteiger partial charge in [0.25, 0.3) is 0 Å². The summed E-state index contributed by atoms with van der Waals surface area (Å²) in [5.74, 6) is -3.21. The van der Waals surface area contributed by atoms with Crippen LogP contribution in [0.3, 0.4) is 0 Å². The molecule has 0 aromatic heterocycles. The molecule has 8 nitrogen and oxygen atoms in total. The lowest BCUT2D eigenvalue weighted by atomic mass is 9.62. The smallest absolute Gasteiger partial charge is 0.313 e. The van der Waals surface area contributed by atoms with Gasteiger partial charge in [-0.3, -0.25) is 14.4 Å². The summed E-state index contributed by atoms with van der Waals surface area (Å²) in [6.07, 6.45) is 3.55. The summed E-state index contributed by atoms with van der Waals surface area (Å²) in [4.78, 5) is 45.9. The zero-order valence-corrected chi connectivity index (χ0v) is 23.6. The molecule has 0 aliphatic carbocycles. The lowest BCUT2D eigenvalue weighted by molar-refractivity contribution is -0.163. The minimum atomic E-state index is -1.27. The van der Waals surface area contributed by atoms with Crippen molar-refractivity contribution in [2.45, 2.75) is 50.1 Å². The number of rotatable bonds is 11. The minimum Gasteiger partial charge on any atom is -0.461 e. The number of fused-ring (bicyclic) bond motifs is 1. The van der Waals surface area contributed by atoms with E-state index in [1.807, 2.05) is 74.5 Å². The van der Waals surface area contributed by atoms with E-state index in [1.54, 1.807) is 11.0 Å². The fraction of sp³-hybridized carbons (Fsp3) is 0.424. The average Bonchev–Trinajstić information content (AvgIpc) is 3.49. The number of benzene rings is 2. The second kappa shape index (κ2) is 11.3. The maximum Gasteiger partial charge on any atom is 0.313 e. The molecule has 5 rings (SSSR count). The molecule has 2 aromatic carbocycles. The summed E-state index contributed by atoms with van der Waals surface area (Å²) in [6, 6.07) is 16.9. The first-order chi connectivity index (χ1) is 19.7. The van der Waals surface area contributed by atoms with Gasteiger partial charge in [-0.1, -0.05) is 86.3 Å². The molecule has 0 saturated carbocycles. The van der Waals surface area contributed by atoms with Gasteiger partial charge in [0.2, 0.25) is 11.8 Å². The average molecular weight is 559 g/mol. The van der Waals surface area contributed by atoms with E-state index in [-0.39, 0.29) is 30.9 Å². The normalized spacial score (nSPS) is 30.5. The van der Waals surface area contributed by atoms with E-state index in [9.17, 15) is 19.5 Å². The zero-order chi connectivity index (χ0) is 29.4. The highest BCUT2D eigenvalue weighted by atomic mass is 16.6. The van der Waals surface area contributed by atoms with Crippen LogP contribution in [0.1, 0.15) is 37.4 Å². The summed E-state index contributed by atoms with van der Waals surface area (Å²) in [7, 11) is 0. The third kappa shape index (κ3) is 4.59. The van der Waals surface area contributed by atoms with E-state index in [4.69, 9.17) is 9.47 Å². The lowest BCUT2D eigenvalue weighted by Crippen LogP contribution is -2.57. The van der Waals surface area contributed by atoms with Crippen molar-refractivity contribution in [2.24, 2.45) is 17.8 Å². The Labute approximate surface area is 241 Å². The van der Waals surface area contributed by atoms with Crippen molar-refractivity contribution < 1.29 is 29.0 Å². The number of aliphatic hydroxyl groups is 1. The molecule has 2 bridgehead atoms. The molecule has 2 aromatic rings. The Morgan fingerprint density at radius 2 is 1.80 bits per heavy atom. The van der Waals surface area contributed by atoms with Crippen LogP contribution in [0.15, 0.2) is 86.0 Å². The van der Waals surface area contributed by atoms with Crippen LogP contribution in [0.5, 0.6) is 0 Å². The molecular weight excluding hydrogens is 520 g/mol. The largest absolute Gasteiger partial charge is 0.461 e. The van der Waals surface area contributed by atoms with Gasteiger partial charge in [-0.2, -0.15) is 0 Å². The molecule has 3 fully saturated rings. The van der Waals surface area contributed by atoms with E-state index in [2.05, 4.69) is 13.2 Å². The highest BCUT2D eigenvalue weighted by Gasteiger charge is 2.80. The van der Waals surface area contributed by atoms with Crippen molar-refractivity contribution in [3.8, 4) is 0 Å². The summed E-state index contributed by atoms with van der Waals surface area (Å²) < 4.78 is 12.3. The maximum atomic E-state index is 14.7. The first-order valence-electron chi connectivity index (χ1n) is 14.1. The van der Waals surface area contributed by atoms with Crippen molar-refractivity contribution in [3.05, 3.63) is 97.1 Å². The Balaban J connectivity index is 1.64. The quantitative estimate of drug-likeness (QED) is 0.334. The molecule has 7 atom stereocenters. The van der Waals surface area contributed by atoms with Gasteiger partial charge in [0, 0.05) is 13.1 Å². The van der Waals surface area contributed by atoms with E-state index in [0.29, 0.717) is 18.5 Å². The second-order valence-corrected chi connectivity index (χ2v) is 11.5. The SMILES string of the molecule is C=CCOC(=O)[C@@H]1[C@H]2C(=O)N([C@H](CO)c3ccccc3)C(C(=O)N(CC=C)Cc3ccccc3)C23CC(C)[C@@]1(C)O3. The van der Waals surface area contributed by atoms with Gasteiger partial charge in [0.05, 0.1) is 24.2 Å². The minimum absolute atomic E-state index is 0.00719. The number of esters is 1. The summed E-state index contributed by atoms with van der Waals surface area (Å²) in [5.41, 5.74) is -0.640. The third-order valence-corrected chi connectivity index (χ3v) is 9.15. The number of likely N-dealkylation sites (tertiary alicyclic amines) is 1. The molecule has 216 valence electrons. The van der Waals surface area contributed by atoms with Crippen LogP contribution in [0.4, 0.5) is 0 Å². The van der Waals surface area contributed by atoms with Gasteiger partial charge in [0.1, 0.15) is 24.2 Å². The van der Waals surface area contributed by atoms with E-state index in [0.717, 1.165) is 5.56 Å². The van der Waals surface area contributed by atoms with Gasteiger partial charge in [-0.15, -0.1) is 6.58 Å². The number of aliphatic hydroxyl groups excluding tert-OH is 1. The number of carbonyl (C=O) groups is 3. The standard InChI is InChI=1S/C33H38N2O6/c1-5-17-34(20-23-13-9-7-10-14-23)30(38)28-33-19-22(3)32(4,41-33)27(31(39)40-18-6-2)26(33)29(37)35(28)25(21-36)24-15-11-8-12-16-24/h5-16,22,25-28,36H,1-2,17-21H2,3-4H3/t22?,25-,26+,27+,28?,32-,33?/m1/s1. The summed E-state index contributed by atoms with van der Waals surface area (Å²) in [5, 5.41) is 10.7. The summed E-state index contributed by atoms with van der Waals surface area (Å²) >= 11 is 0. The van der Waals surface area contributed by atoms with Crippen molar-refractivity contribution in [2.75, 3.05) is 19.8 Å². The van der Waals surface area contributed by atoms with Crippen molar-refractivity contribution in [1.82, 2.24) is 9.80 Å². The highest BCUT2D eigenvalue weighted by molar-refractivity contribution is 5.99. The Morgan fingerprint density at radius 3 is 2.41 bits per heavy atom. The molecule has 8 heteroatoms. The monoisotopic (exact) mass is 558 g/mol. The fourth-order valence-corrected chi connectivity index (χ4v) is 7.28. The predicted octanol–water partition coefficient (Wildman–Crippen LogP) is 3.67. The van der Waals surface area contributed by atoms with Crippen LogP contribution < -0.4 is 0 Å². The number of hydrogen-bond donors (Lipinski definition) is 1. The number of carbonyl (C=O) groups excluding carboxylic acids is 3. The van der Waals surface area contributed by atoms with E-state index >= 15 is 0 Å². The molecule has 3 unspecified atom stereocenters. The zero-order valence-electron chi connectivity index (χ0n) is 23.6. The summed E-state index contributed by atoms with van der Waals surface area (Å²) in [6.45, 7) is 11.5. The number of ether oxygens (including phenoxy) is 2. The molecule has 3 aliphatic heterocycles. The molecule has 3 heterocycles. The van der Waals surface area contributed by atoms with E-state index in [1.165, 1.54) is 11.0 Å². The van der Waals surface area contributed by atoms with Crippen molar-refractivity contribution >= 4 is 17.8 Å². The molecule has 1 spiro atoms. The molecule has 2 amide bonds. The Hall–Kier alpha value is -3.75. The highest BCUT2D eigenvalue weighted by Crippen LogP contribution is 2.66. The Kier molecular flexibility index (Phi) is 7.90. The van der Waals surface area contributed by atoms with Crippen molar-refractivity contribution in [3.63, 3.8) is 0 Å². The van der Waals surface area contributed by atoms with Gasteiger partial charge in [-0.25, -0.2) is 0 Å². The fourth-order valence-electron chi connectivity index (χ4n) is 7.28. The Bertz CT molecular complexity index is 1320. The molecule has 1 N–H and O–H groups in total. The molecular formula is C33H38N2O6. The van der Waals surface area contributed by atoms with Gasteiger partial charge >= 0.3 is 5.97 Å². The predicted molar refractivity (Wildman–Crippen MR) is 153 cm³/mol. The number of hydrogen-bond acceptors (Lipinski definition) is 6. The van der Waals surface area contributed by atoms with Gasteiger partial charge in [-0.05, 0) is 30.4 Å². The Morgan fingerprint density at radius 1 is 1.15 bits per heavy atom. The van der Waals surface area contributed by atoms with Gasteiger partial charge < -0.3 is 24.4 Å². The first kappa shape index (κ1) is 28.8. The van der Waals surface area contributed by atoms with Crippen LogP contribution >= 0.6 is 0 Å². The molecule has 0 radical (unpaired) electrons. The van der Waals surface area contributed by atoms with Crippen molar-refractivity contribution in [1.29, 1.82) is 0 Å². The third-order valence-electron chi connectivity index (χ3n) is 9.15. The number of nitrogens with zero attached hydrogens (tertiary/aromatic N) is 2. The molecule has 3 saturated heterocycles. The lowest BCUT2D eigenvalue weighted by Gasteiger charge is -2.39. The maximum absolute atomic E-state index is 14.7. The number of amides is 2.